The topological polar surface area (TPSA) is 60.4 Å². The lowest BCUT2D eigenvalue weighted by molar-refractivity contribution is 0.939. The molecule has 0 unspecified atom stereocenters. The van der Waals surface area contributed by atoms with Crippen LogP contribution in [0.2, 0.25) is 0 Å². The molecule has 1 aromatic carbocycles. The van der Waals surface area contributed by atoms with Gasteiger partial charge in [-0.15, -0.1) is 10.2 Å². The lowest BCUT2D eigenvalue weighted by Crippen LogP contribution is -1.87. The molecule has 4 aromatic heterocycles. The molecule has 0 saturated heterocycles. The Bertz CT molecular complexity index is 1110. The van der Waals surface area contributed by atoms with Gasteiger partial charge < -0.3 is 0 Å². The zero-order valence-electron chi connectivity index (χ0n) is 11.8. The molecule has 0 aliphatic heterocycles. The van der Waals surface area contributed by atoms with Crippen LogP contribution in [0.1, 0.15) is 5.69 Å². The van der Waals surface area contributed by atoms with E-state index < -0.39 is 0 Å². The molecule has 5 rings (SSSR count). The number of thiazole rings is 1. The van der Waals surface area contributed by atoms with Gasteiger partial charge >= 0.3 is 0 Å². The molecular weight excluding hydrogens is 328 g/mol. The van der Waals surface area contributed by atoms with Crippen LogP contribution in [0.5, 0.6) is 0 Å². The van der Waals surface area contributed by atoms with Crippen molar-refractivity contribution in [3.8, 4) is 0 Å². The standard InChI is InChI=1S/C15H10N6S2/c1-2-5-12-11(4-1)21-14(18-19-15(21)23-12)22-9-10-8-20-7-3-6-16-13(20)17-10/h1-8H,9H2. The third kappa shape index (κ3) is 2.10. The average molecular weight is 338 g/mol. The number of imidazole rings is 1. The Balaban J connectivity index is 1.51. The van der Waals surface area contributed by atoms with E-state index in [0.717, 1.165) is 32.9 Å². The van der Waals surface area contributed by atoms with Crippen molar-refractivity contribution in [2.45, 2.75) is 10.9 Å². The molecule has 112 valence electrons. The third-order valence-electron chi connectivity index (χ3n) is 3.55. The van der Waals surface area contributed by atoms with Crippen molar-refractivity contribution in [3.63, 3.8) is 0 Å². The molecule has 0 aliphatic carbocycles. The molecule has 0 atom stereocenters. The van der Waals surface area contributed by atoms with E-state index >= 15 is 0 Å². The molecule has 6 nitrogen and oxygen atoms in total. The number of hydrogen-bond donors (Lipinski definition) is 0. The van der Waals surface area contributed by atoms with Crippen molar-refractivity contribution < 1.29 is 0 Å². The van der Waals surface area contributed by atoms with Gasteiger partial charge in [-0.3, -0.25) is 8.80 Å². The van der Waals surface area contributed by atoms with E-state index in [2.05, 4.69) is 36.7 Å². The molecule has 23 heavy (non-hydrogen) atoms. The Morgan fingerprint density at radius 1 is 1.13 bits per heavy atom. The van der Waals surface area contributed by atoms with E-state index in [-0.39, 0.29) is 0 Å². The summed E-state index contributed by atoms with van der Waals surface area (Å²) in [6, 6.07) is 10.2. The molecule has 0 saturated carbocycles. The summed E-state index contributed by atoms with van der Waals surface area (Å²) in [6.07, 6.45) is 5.70. The van der Waals surface area contributed by atoms with Crippen LogP contribution < -0.4 is 0 Å². The first kappa shape index (κ1) is 13.0. The van der Waals surface area contributed by atoms with Crippen LogP contribution in [-0.4, -0.2) is 29.0 Å². The minimum absolute atomic E-state index is 0.718. The van der Waals surface area contributed by atoms with Gasteiger partial charge in [-0.1, -0.05) is 35.2 Å². The molecule has 0 fully saturated rings. The monoisotopic (exact) mass is 338 g/mol. The molecule has 0 spiro atoms. The zero-order valence-corrected chi connectivity index (χ0v) is 13.5. The molecule has 4 heterocycles. The SMILES string of the molecule is c1ccc2c(c1)sc1nnc(SCc3cn4cccnc4n3)n12. The van der Waals surface area contributed by atoms with Crippen molar-refractivity contribution in [2.24, 2.45) is 0 Å². The van der Waals surface area contributed by atoms with Crippen LogP contribution in [0.3, 0.4) is 0 Å². The Morgan fingerprint density at radius 2 is 2.09 bits per heavy atom. The minimum Gasteiger partial charge on any atom is -0.291 e. The highest BCUT2D eigenvalue weighted by molar-refractivity contribution is 7.98. The number of aromatic nitrogens is 6. The van der Waals surface area contributed by atoms with Gasteiger partial charge in [-0.2, -0.15) is 0 Å². The lowest BCUT2D eigenvalue weighted by Gasteiger charge is -1.97. The summed E-state index contributed by atoms with van der Waals surface area (Å²) in [5.74, 6) is 1.45. The van der Waals surface area contributed by atoms with Gasteiger partial charge in [0.2, 0.25) is 10.7 Å². The van der Waals surface area contributed by atoms with Crippen LogP contribution in [-0.2, 0) is 5.75 Å². The number of thioether (sulfide) groups is 1. The number of fused-ring (bicyclic) bond motifs is 4. The van der Waals surface area contributed by atoms with Gasteiger partial charge in [-0.25, -0.2) is 9.97 Å². The van der Waals surface area contributed by atoms with Crippen molar-refractivity contribution in [2.75, 3.05) is 0 Å². The summed E-state index contributed by atoms with van der Waals surface area (Å²) in [6.45, 7) is 0. The van der Waals surface area contributed by atoms with E-state index in [4.69, 9.17) is 0 Å². The van der Waals surface area contributed by atoms with Gasteiger partial charge in [0.1, 0.15) is 0 Å². The van der Waals surface area contributed by atoms with E-state index in [1.807, 2.05) is 35.0 Å². The predicted molar refractivity (Wildman–Crippen MR) is 90.9 cm³/mol. The molecule has 0 aliphatic rings. The minimum atomic E-state index is 0.718. The largest absolute Gasteiger partial charge is 0.291 e. The summed E-state index contributed by atoms with van der Waals surface area (Å²) in [5, 5.41) is 9.49. The van der Waals surface area contributed by atoms with Gasteiger partial charge in [-0.05, 0) is 18.2 Å². The summed E-state index contributed by atoms with van der Waals surface area (Å²) < 4.78 is 5.25. The molecule has 0 radical (unpaired) electrons. The number of rotatable bonds is 3. The maximum absolute atomic E-state index is 4.52. The van der Waals surface area contributed by atoms with E-state index in [9.17, 15) is 0 Å². The molecule has 8 heteroatoms. The summed E-state index contributed by atoms with van der Waals surface area (Å²) in [5.41, 5.74) is 2.13. The van der Waals surface area contributed by atoms with Crippen LogP contribution in [0.15, 0.2) is 54.1 Å². The van der Waals surface area contributed by atoms with Crippen LogP contribution in [0.25, 0.3) is 21.0 Å². The van der Waals surface area contributed by atoms with E-state index in [1.165, 1.54) is 4.70 Å². The Kier molecular flexibility index (Phi) is 2.85. The highest BCUT2D eigenvalue weighted by atomic mass is 32.2. The first-order valence-electron chi connectivity index (χ1n) is 7.02. The Labute approximate surface area is 138 Å². The summed E-state index contributed by atoms with van der Waals surface area (Å²) in [7, 11) is 0. The van der Waals surface area contributed by atoms with Crippen molar-refractivity contribution in [1.82, 2.24) is 29.0 Å². The highest BCUT2D eigenvalue weighted by Gasteiger charge is 2.13. The quantitative estimate of drug-likeness (QED) is 0.473. The van der Waals surface area contributed by atoms with Gasteiger partial charge in [0.15, 0.2) is 5.16 Å². The summed E-state index contributed by atoms with van der Waals surface area (Å²) in [4.78, 5) is 9.68. The van der Waals surface area contributed by atoms with Gasteiger partial charge in [0.05, 0.1) is 15.9 Å². The van der Waals surface area contributed by atoms with Gasteiger partial charge in [0.25, 0.3) is 0 Å². The molecule has 0 bridgehead atoms. The molecule has 0 amide bonds. The fourth-order valence-electron chi connectivity index (χ4n) is 2.54. The predicted octanol–water partition coefficient (Wildman–Crippen LogP) is 3.28. The molecular formula is C15H10N6S2. The normalized spacial score (nSPS) is 11.8. The number of para-hydroxylation sites is 1. The van der Waals surface area contributed by atoms with Crippen molar-refractivity contribution >= 4 is 44.1 Å². The molecule has 0 N–H and O–H groups in total. The molecule has 5 aromatic rings. The Morgan fingerprint density at radius 3 is 3.04 bits per heavy atom. The van der Waals surface area contributed by atoms with Crippen LogP contribution >= 0.6 is 23.1 Å². The van der Waals surface area contributed by atoms with Gasteiger partial charge in [0, 0.05) is 24.3 Å². The second-order valence-corrected chi connectivity index (χ2v) is 6.97. The first-order chi connectivity index (χ1) is 11.4. The second-order valence-electron chi connectivity index (χ2n) is 5.02. The highest BCUT2D eigenvalue weighted by Crippen LogP contribution is 2.30. The number of benzene rings is 1. The average Bonchev–Trinajstić information content (AvgIpc) is 3.25. The maximum atomic E-state index is 4.52. The summed E-state index contributed by atoms with van der Waals surface area (Å²) >= 11 is 3.29. The van der Waals surface area contributed by atoms with E-state index in [1.54, 1.807) is 29.3 Å². The van der Waals surface area contributed by atoms with E-state index in [0.29, 0.717) is 0 Å². The fraction of sp³-hybridized carbons (Fsp3) is 0.0667. The zero-order chi connectivity index (χ0) is 15.2. The number of hydrogen-bond acceptors (Lipinski definition) is 6. The van der Waals surface area contributed by atoms with Crippen molar-refractivity contribution in [1.29, 1.82) is 0 Å². The maximum Gasteiger partial charge on any atom is 0.233 e. The smallest absolute Gasteiger partial charge is 0.233 e. The first-order valence-corrected chi connectivity index (χ1v) is 8.83. The van der Waals surface area contributed by atoms with Crippen molar-refractivity contribution in [3.05, 3.63) is 54.6 Å². The van der Waals surface area contributed by atoms with Crippen LogP contribution in [0, 0.1) is 0 Å². The second kappa shape index (κ2) is 5.04. The lowest BCUT2D eigenvalue weighted by atomic mass is 10.3. The Hall–Kier alpha value is -2.45. The fourth-order valence-corrected chi connectivity index (χ4v) is 4.39. The third-order valence-corrected chi connectivity index (χ3v) is 5.52. The number of nitrogens with zero attached hydrogens (tertiary/aromatic N) is 6. The van der Waals surface area contributed by atoms with Crippen LogP contribution in [0.4, 0.5) is 0 Å².